The maximum Gasteiger partial charge on any atom is 0.310 e. The number of esters is 1. The Labute approximate surface area is 157 Å². The summed E-state index contributed by atoms with van der Waals surface area (Å²) in [5, 5.41) is 0. The average molecular weight is 407 g/mol. The smallest absolute Gasteiger partial charge is 0.310 e. The Balaban J connectivity index is 1.98. The second-order valence-corrected chi connectivity index (χ2v) is 6.89. The van der Waals surface area contributed by atoms with Crippen molar-refractivity contribution >= 4 is 21.9 Å². The van der Waals surface area contributed by atoms with E-state index in [1.54, 1.807) is 26.4 Å². The number of carbonyl (C=O) groups excluding carboxylic acids is 1. The Bertz CT molecular complexity index is 723. The van der Waals surface area contributed by atoms with Gasteiger partial charge in [0.25, 0.3) is 0 Å². The standard InChI is InChI=1S/C20H23BrO4/c1-13(2)15-7-5-14(6-8-15)12-25-20(22)10-16-9-18(23-3)19(24-4)11-17(16)21/h5-9,11,13H,10,12H2,1-4H3. The van der Waals surface area contributed by atoms with Gasteiger partial charge >= 0.3 is 5.97 Å². The highest BCUT2D eigenvalue weighted by molar-refractivity contribution is 9.10. The minimum Gasteiger partial charge on any atom is -0.493 e. The van der Waals surface area contributed by atoms with Gasteiger partial charge in [0.2, 0.25) is 0 Å². The van der Waals surface area contributed by atoms with Crippen LogP contribution < -0.4 is 9.47 Å². The highest BCUT2D eigenvalue weighted by Crippen LogP contribution is 2.33. The molecule has 0 heterocycles. The molecule has 0 aliphatic carbocycles. The first-order chi connectivity index (χ1) is 11.9. The molecule has 0 saturated carbocycles. The zero-order valence-electron chi connectivity index (χ0n) is 15.0. The largest absolute Gasteiger partial charge is 0.493 e. The summed E-state index contributed by atoms with van der Waals surface area (Å²) >= 11 is 3.45. The van der Waals surface area contributed by atoms with Crippen molar-refractivity contribution in [1.29, 1.82) is 0 Å². The Kier molecular flexibility index (Phi) is 6.88. The van der Waals surface area contributed by atoms with Crippen LogP contribution in [0.15, 0.2) is 40.9 Å². The van der Waals surface area contributed by atoms with Crippen LogP contribution in [0.25, 0.3) is 0 Å². The van der Waals surface area contributed by atoms with Crippen molar-refractivity contribution in [2.45, 2.75) is 32.8 Å². The Morgan fingerprint density at radius 3 is 2.20 bits per heavy atom. The molecule has 0 spiro atoms. The first kappa shape index (κ1) is 19.3. The molecule has 4 nitrogen and oxygen atoms in total. The van der Waals surface area contributed by atoms with E-state index in [1.165, 1.54) is 5.56 Å². The van der Waals surface area contributed by atoms with E-state index in [0.29, 0.717) is 17.4 Å². The van der Waals surface area contributed by atoms with Crippen molar-refractivity contribution in [3.8, 4) is 11.5 Å². The lowest BCUT2D eigenvalue weighted by atomic mass is 10.0. The van der Waals surface area contributed by atoms with Gasteiger partial charge in [-0.3, -0.25) is 4.79 Å². The summed E-state index contributed by atoms with van der Waals surface area (Å²) in [5.41, 5.74) is 3.03. The molecule has 0 unspecified atom stereocenters. The number of hydrogen-bond donors (Lipinski definition) is 0. The van der Waals surface area contributed by atoms with Crippen LogP contribution in [0.3, 0.4) is 0 Å². The predicted molar refractivity (Wildman–Crippen MR) is 101 cm³/mol. The number of methoxy groups -OCH3 is 2. The highest BCUT2D eigenvalue weighted by Gasteiger charge is 2.13. The fraction of sp³-hybridized carbons (Fsp3) is 0.350. The van der Waals surface area contributed by atoms with Gasteiger partial charge in [-0.05, 0) is 34.7 Å². The van der Waals surface area contributed by atoms with Gasteiger partial charge < -0.3 is 14.2 Å². The fourth-order valence-corrected chi connectivity index (χ4v) is 2.86. The van der Waals surface area contributed by atoms with Crippen molar-refractivity contribution in [1.82, 2.24) is 0 Å². The molecule has 0 amide bonds. The molecule has 0 aliphatic rings. The highest BCUT2D eigenvalue weighted by atomic mass is 79.9. The van der Waals surface area contributed by atoms with Crippen LogP contribution in [-0.2, 0) is 22.6 Å². The molecule has 0 aliphatic heterocycles. The topological polar surface area (TPSA) is 44.8 Å². The van der Waals surface area contributed by atoms with E-state index in [2.05, 4.69) is 41.9 Å². The lowest BCUT2D eigenvalue weighted by Crippen LogP contribution is -2.09. The lowest BCUT2D eigenvalue weighted by molar-refractivity contribution is -0.144. The zero-order valence-corrected chi connectivity index (χ0v) is 16.6. The number of ether oxygens (including phenoxy) is 3. The van der Waals surface area contributed by atoms with Crippen molar-refractivity contribution in [3.63, 3.8) is 0 Å². The van der Waals surface area contributed by atoms with Gasteiger partial charge in [-0.25, -0.2) is 0 Å². The van der Waals surface area contributed by atoms with Crippen LogP contribution in [-0.4, -0.2) is 20.2 Å². The monoisotopic (exact) mass is 406 g/mol. The molecule has 0 N–H and O–H groups in total. The Hall–Kier alpha value is -2.01. The average Bonchev–Trinajstić information content (AvgIpc) is 2.61. The molecule has 134 valence electrons. The van der Waals surface area contributed by atoms with E-state index >= 15 is 0 Å². The first-order valence-corrected chi connectivity index (χ1v) is 8.88. The van der Waals surface area contributed by atoms with E-state index in [-0.39, 0.29) is 19.0 Å². The van der Waals surface area contributed by atoms with Crippen LogP contribution in [0.5, 0.6) is 11.5 Å². The number of benzene rings is 2. The molecule has 0 radical (unpaired) electrons. The molecule has 0 fully saturated rings. The van der Waals surface area contributed by atoms with Gasteiger partial charge in [0, 0.05) is 4.47 Å². The molecule has 0 bridgehead atoms. The normalized spacial score (nSPS) is 10.6. The van der Waals surface area contributed by atoms with Crippen LogP contribution in [0.2, 0.25) is 0 Å². The molecule has 0 atom stereocenters. The minimum absolute atomic E-state index is 0.158. The summed E-state index contributed by atoms with van der Waals surface area (Å²) in [6.07, 6.45) is 0.158. The zero-order chi connectivity index (χ0) is 18.4. The molecule has 2 aromatic rings. The third-order valence-corrected chi connectivity index (χ3v) is 4.67. The number of rotatable bonds is 7. The van der Waals surface area contributed by atoms with Gasteiger partial charge in [-0.15, -0.1) is 0 Å². The fourth-order valence-electron chi connectivity index (χ4n) is 2.40. The molecule has 2 aromatic carbocycles. The third-order valence-electron chi connectivity index (χ3n) is 3.93. The van der Waals surface area contributed by atoms with Crippen LogP contribution in [0.4, 0.5) is 0 Å². The molecular weight excluding hydrogens is 384 g/mol. The second kappa shape index (κ2) is 8.90. The van der Waals surface area contributed by atoms with E-state index in [4.69, 9.17) is 14.2 Å². The molecule has 5 heteroatoms. The maximum absolute atomic E-state index is 12.2. The minimum atomic E-state index is -0.291. The Morgan fingerprint density at radius 2 is 1.64 bits per heavy atom. The van der Waals surface area contributed by atoms with E-state index in [1.807, 2.05) is 12.1 Å². The molecule has 2 rings (SSSR count). The van der Waals surface area contributed by atoms with Crippen molar-refractivity contribution in [2.75, 3.05) is 14.2 Å². The Morgan fingerprint density at radius 1 is 1.04 bits per heavy atom. The van der Waals surface area contributed by atoms with Crippen LogP contribution in [0.1, 0.15) is 36.5 Å². The summed E-state index contributed by atoms with van der Waals surface area (Å²) in [6, 6.07) is 11.7. The van der Waals surface area contributed by atoms with Gasteiger partial charge in [0.05, 0.1) is 20.6 Å². The van der Waals surface area contributed by atoms with Crippen LogP contribution in [0, 0.1) is 0 Å². The van der Waals surface area contributed by atoms with Gasteiger partial charge in [-0.2, -0.15) is 0 Å². The number of hydrogen-bond acceptors (Lipinski definition) is 4. The van der Waals surface area contributed by atoms with E-state index < -0.39 is 0 Å². The molecular formula is C20H23BrO4. The maximum atomic E-state index is 12.2. The summed E-state index contributed by atoms with van der Waals surface area (Å²) in [5.74, 6) is 1.38. The van der Waals surface area contributed by atoms with E-state index in [9.17, 15) is 4.79 Å². The van der Waals surface area contributed by atoms with Gasteiger partial charge in [0.15, 0.2) is 11.5 Å². The van der Waals surface area contributed by atoms with Crippen molar-refractivity contribution in [2.24, 2.45) is 0 Å². The third kappa shape index (κ3) is 5.23. The quantitative estimate of drug-likeness (QED) is 0.614. The molecule has 25 heavy (non-hydrogen) atoms. The number of carbonyl (C=O) groups is 1. The SMILES string of the molecule is COc1cc(Br)c(CC(=O)OCc2ccc(C(C)C)cc2)cc1OC. The second-order valence-electron chi connectivity index (χ2n) is 6.03. The van der Waals surface area contributed by atoms with Gasteiger partial charge in [0.1, 0.15) is 6.61 Å². The summed E-state index contributed by atoms with van der Waals surface area (Å²) < 4.78 is 16.7. The summed E-state index contributed by atoms with van der Waals surface area (Å²) in [7, 11) is 3.14. The lowest BCUT2D eigenvalue weighted by Gasteiger charge is -2.12. The number of halogens is 1. The summed E-state index contributed by atoms with van der Waals surface area (Å²) in [6.45, 7) is 4.56. The molecule has 0 aromatic heterocycles. The first-order valence-electron chi connectivity index (χ1n) is 8.09. The van der Waals surface area contributed by atoms with Crippen LogP contribution >= 0.6 is 15.9 Å². The summed E-state index contributed by atoms with van der Waals surface area (Å²) in [4.78, 5) is 12.2. The molecule has 0 saturated heterocycles. The van der Waals surface area contributed by atoms with Crippen molar-refractivity contribution in [3.05, 3.63) is 57.6 Å². The van der Waals surface area contributed by atoms with Gasteiger partial charge in [-0.1, -0.05) is 54.0 Å². The van der Waals surface area contributed by atoms with Crippen molar-refractivity contribution < 1.29 is 19.0 Å². The van der Waals surface area contributed by atoms with E-state index in [0.717, 1.165) is 15.6 Å². The predicted octanol–water partition coefficient (Wildman–Crippen LogP) is 4.88.